The molecule has 0 aromatic heterocycles. The second kappa shape index (κ2) is 8.96. The van der Waals surface area contributed by atoms with Crippen LogP contribution in [-0.2, 0) is 9.47 Å². The molecule has 1 amide bonds. The van der Waals surface area contributed by atoms with Crippen molar-refractivity contribution in [2.45, 2.75) is 18.4 Å². The van der Waals surface area contributed by atoms with Gasteiger partial charge in [0.2, 0.25) is 0 Å². The highest BCUT2D eigenvalue weighted by Crippen LogP contribution is 2.44. The highest BCUT2D eigenvalue weighted by molar-refractivity contribution is 5.92. The van der Waals surface area contributed by atoms with Crippen LogP contribution in [0.5, 0.6) is 5.75 Å². The van der Waals surface area contributed by atoms with Gasteiger partial charge in [-0.15, -0.1) is 0 Å². The van der Waals surface area contributed by atoms with Crippen LogP contribution >= 0.6 is 0 Å². The van der Waals surface area contributed by atoms with Gasteiger partial charge in [-0.05, 0) is 40.5 Å². The summed E-state index contributed by atoms with van der Waals surface area (Å²) in [7, 11) is 0. The molecule has 1 fully saturated rings. The molecule has 1 atom stereocenters. The number of hydrogen-bond donors (Lipinski definition) is 2. The summed E-state index contributed by atoms with van der Waals surface area (Å²) in [5, 5.41) is 12.0. The number of hydrogen-bond acceptors (Lipinski definition) is 5. The van der Waals surface area contributed by atoms with Crippen LogP contribution in [-0.4, -0.2) is 43.1 Å². The lowest BCUT2D eigenvalue weighted by molar-refractivity contribution is 0.0696. The maximum absolute atomic E-state index is 12.7. The predicted octanol–water partition coefficient (Wildman–Crippen LogP) is 4.91. The Kier molecular flexibility index (Phi) is 5.71. The number of amides is 1. The molecular weight excluding hydrogens is 422 g/mol. The fourth-order valence-electron chi connectivity index (χ4n) is 4.39. The first-order chi connectivity index (χ1) is 16.1. The van der Waals surface area contributed by atoms with E-state index in [4.69, 9.17) is 14.2 Å². The second-order valence-corrected chi connectivity index (χ2v) is 8.07. The van der Waals surface area contributed by atoms with Gasteiger partial charge in [-0.2, -0.15) is 0 Å². The Labute approximate surface area is 190 Å². The number of carbonyl (C=O) groups excluding carboxylic acids is 1. The van der Waals surface area contributed by atoms with Gasteiger partial charge < -0.3 is 19.3 Å². The third-order valence-electron chi connectivity index (χ3n) is 5.99. The molecular formula is C26H23NO6. The Morgan fingerprint density at radius 3 is 2.33 bits per heavy atom. The molecule has 0 radical (unpaired) electrons. The van der Waals surface area contributed by atoms with Gasteiger partial charge in [-0.25, -0.2) is 9.59 Å². The van der Waals surface area contributed by atoms with Gasteiger partial charge in [0.1, 0.15) is 18.5 Å². The van der Waals surface area contributed by atoms with Crippen LogP contribution < -0.4 is 10.1 Å². The summed E-state index contributed by atoms with van der Waals surface area (Å²) in [4.78, 5) is 24.1. The number of benzene rings is 3. The van der Waals surface area contributed by atoms with Gasteiger partial charge in [-0.1, -0.05) is 48.5 Å². The van der Waals surface area contributed by atoms with Crippen molar-refractivity contribution in [2.75, 3.05) is 25.1 Å². The topological polar surface area (TPSA) is 94.1 Å². The Morgan fingerprint density at radius 1 is 1.00 bits per heavy atom. The van der Waals surface area contributed by atoms with E-state index < -0.39 is 12.1 Å². The van der Waals surface area contributed by atoms with E-state index in [1.165, 1.54) is 18.2 Å². The second-order valence-electron chi connectivity index (χ2n) is 8.07. The van der Waals surface area contributed by atoms with Crippen LogP contribution in [0.15, 0.2) is 66.7 Å². The van der Waals surface area contributed by atoms with Crippen molar-refractivity contribution >= 4 is 17.7 Å². The lowest BCUT2D eigenvalue weighted by atomic mass is 9.98. The zero-order valence-electron chi connectivity index (χ0n) is 17.8. The number of nitrogens with one attached hydrogen (secondary N) is 1. The summed E-state index contributed by atoms with van der Waals surface area (Å²) >= 11 is 0. The third-order valence-corrected chi connectivity index (χ3v) is 5.99. The largest absolute Gasteiger partial charge is 0.486 e. The maximum Gasteiger partial charge on any atom is 0.411 e. The van der Waals surface area contributed by atoms with Crippen molar-refractivity contribution in [2.24, 2.45) is 0 Å². The first-order valence-corrected chi connectivity index (χ1v) is 10.8. The predicted molar refractivity (Wildman–Crippen MR) is 122 cm³/mol. The molecule has 3 aromatic carbocycles. The average molecular weight is 445 g/mol. The number of aromatic carboxylic acids is 1. The third kappa shape index (κ3) is 4.27. The van der Waals surface area contributed by atoms with Gasteiger partial charge in [0, 0.05) is 12.3 Å². The Bertz CT molecular complexity index is 1160. The molecule has 33 heavy (non-hydrogen) atoms. The van der Waals surface area contributed by atoms with E-state index in [1.54, 1.807) is 0 Å². The normalized spacial score (nSPS) is 16.7. The molecule has 7 heteroatoms. The van der Waals surface area contributed by atoms with E-state index in [1.807, 2.05) is 24.3 Å². The molecule has 2 N–H and O–H groups in total. The first kappa shape index (κ1) is 21.0. The minimum Gasteiger partial charge on any atom is -0.486 e. The van der Waals surface area contributed by atoms with Crippen molar-refractivity contribution < 1.29 is 28.9 Å². The number of ether oxygens (including phenoxy) is 3. The van der Waals surface area contributed by atoms with Crippen molar-refractivity contribution in [1.29, 1.82) is 0 Å². The number of fused-ring (bicyclic) bond motifs is 3. The summed E-state index contributed by atoms with van der Waals surface area (Å²) in [6.07, 6.45) is -0.133. The van der Waals surface area contributed by atoms with Crippen molar-refractivity contribution in [1.82, 2.24) is 0 Å². The summed E-state index contributed by atoms with van der Waals surface area (Å²) in [6, 6.07) is 20.6. The van der Waals surface area contributed by atoms with E-state index in [0.717, 1.165) is 22.3 Å². The molecule has 0 bridgehead atoms. The van der Waals surface area contributed by atoms with Gasteiger partial charge in [0.15, 0.2) is 0 Å². The van der Waals surface area contributed by atoms with Crippen molar-refractivity contribution in [3.05, 3.63) is 83.4 Å². The minimum atomic E-state index is -1.07. The van der Waals surface area contributed by atoms with Gasteiger partial charge >= 0.3 is 12.1 Å². The molecule has 1 aliphatic heterocycles. The number of rotatable bonds is 6. The van der Waals surface area contributed by atoms with Crippen LogP contribution in [0, 0.1) is 0 Å². The number of anilines is 1. The highest BCUT2D eigenvalue weighted by atomic mass is 16.6. The fraction of sp³-hybridized carbons (Fsp3) is 0.231. The Balaban J connectivity index is 1.31. The van der Waals surface area contributed by atoms with Gasteiger partial charge in [0.25, 0.3) is 0 Å². The zero-order valence-corrected chi connectivity index (χ0v) is 17.8. The molecule has 1 unspecified atom stereocenters. The van der Waals surface area contributed by atoms with Crippen molar-refractivity contribution in [3.63, 3.8) is 0 Å². The van der Waals surface area contributed by atoms with E-state index in [0.29, 0.717) is 25.3 Å². The lowest BCUT2D eigenvalue weighted by Gasteiger charge is -2.18. The van der Waals surface area contributed by atoms with Crippen LogP contribution in [0.4, 0.5) is 10.5 Å². The minimum absolute atomic E-state index is 0.0519. The summed E-state index contributed by atoms with van der Waals surface area (Å²) < 4.78 is 16.8. The molecule has 0 saturated carbocycles. The zero-order chi connectivity index (χ0) is 22.8. The summed E-state index contributed by atoms with van der Waals surface area (Å²) in [5.41, 5.74) is 4.98. The quantitative estimate of drug-likeness (QED) is 0.560. The van der Waals surface area contributed by atoms with E-state index in [9.17, 15) is 14.7 Å². The SMILES string of the molecule is O=C(Nc1ccc(C(=O)O)cc1OC1CCOC1)OCC1c2ccccc2-c2ccccc21. The van der Waals surface area contributed by atoms with Crippen molar-refractivity contribution in [3.8, 4) is 16.9 Å². The monoisotopic (exact) mass is 445 g/mol. The Morgan fingerprint density at radius 2 is 1.70 bits per heavy atom. The molecule has 2 aliphatic rings. The summed E-state index contributed by atoms with van der Waals surface area (Å²) in [6.45, 7) is 1.18. The number of carboxylic acid groups (broad SMARTS) is 1. The molecule has 0 spiro atoms. The van der Waals surface area contributed by atoms with Crippen LogP contribution in [0.25, 0.3) is 11.1 Å². The van der Waals surface area contributed by atoms with Gasteiger partial charge in [-0.3, -0.25) is 5.32 Å². The molecule has 5 rings (SSSR count). The fourth-order valence-corrected chi connectivity index (χ4v) is 4.39. The molecule has 7 nitrogen and oxygen atoms in total. The van der Waals surface area contributed by atoms with E-state index >= 15 is 0 Å². The molecule has 1 aliphatic carbocycles. The Hall–Kier alpha value is -3.84. The van der Waals surface area contributed by atoms with Crippen LogP contribution in [0.2, 0.25) is 0 Å². The standard InChI is InChI=1S/C26H23NO6/c28-25(29)16-9-10-23(24(13-16)33-17-11-12-31-14-17)27-26(30)32-15-22-20-7-3-1-5-18(20)19-6-2-4-8-21(19)22/h1-10,13,17,22H,11-12,14-15H2,(H,27,30)(H,28,29). The van der Waals surface area contributed by atoms with E-state index in [-0.39, 0.29) is 29.9 Å². The number of carbonyl (C=O) groups is 2. The molecule has 168 valence electrons. The maximum atomic E-state index is 12.7. The van der Waals surface area contributed by atoms with Gasteiger partial charge in [0.05, 0.1) is 24.5 Å². The average Bonchev–Trinajstić information content (AvgIpc) is 3.45. The van der Waals surface area contributed by atoms with Crippen LogP contribution in [0.3, 0.4) is 0 Å². The van der Waals surface area contributed by atoms with E-state index in [2.05, 4.69) is 29.6 Å². The molecule has 3 aromatic rings. The summed E-state index contributed by atoms with van der Waals surface area (Å²) in [5.74, 6) is -0.849. The highest BCUT2D eigenvalue weighted by Gasteiger charge is 2.29. The number of carboxylic acids is 1. The smallest absolute Gasteiger partial charge is 0.411 e. The first-order valence-electron chi connectivity index (χ1n) is 10.8. The molecule has 1 saturated heterocycles. The molecule has 1 heterocycles. The lowest BCUT2D eigenvalue weighted by Crippen LogP contribution is -2.20. The van der Waals surface area contributed by atoms with Crippen LogP contribution in [0.1, 0.15) is 33.8 Å².